The van der Waals surface area contributed by atoms with Crippen LogP contribution in [0.3, 0.4) is 0 Å². The van der Waals surface area contributed by atoms with E-state index in [9.17, 15) is 14.7 Å². The van der Waals surface area contributed by atoms with E-state index in [2.05, 4.69) is 9.97 Å². The van der Waals surface area contributed by atoms with Gasteiger partial charge < -0.3 is 14.6 Å². The summed E-state index contributed by atoms with van der Waals surface area (Å²) < 4.78 is 1.80. The van der Waals surface area contributed by atoms with Gasteiger partial charge in [-0.1, -0.05) is 18.2 Å². The van der Waals surface area contributed by atoms with E-state index in [0.717, 1.165) is 17.6 Å². The van der Waals surface area contributed by atoms with Crippen molar-refractivity contribution in [3.05, 3.63) is 59.5 Å². The lowest BCUT2D eigenvalue weighted by molar-refractivity contribution is 0.0695. The van der Waals surface area contributed by atoms with E-state index < -0.39 is 5.97 Å². The van der Waals surface area contributed by atoms with Crippen LogP contribution in [-0.4, -0.2) is 49.5 Å². The van der Waals surface area contributed by atoms with Crippen LogP contribution in [0.1, 0.15) is 38.6 Å². The van der Waals surface area contributed by atoms with E-state index in [0.29, 0.717) is 29.7 Å². The van der Waals surface area contributed by atoms with Crippen LogP contribution < -0.4 is 0 Å². The molecular weight excluding hydrogens is 332 g/mol. The number of fused-ring (bicyclic) bond motifs is 1. The molecule has 3 heterocycles. The average Bonchev–Trinajstić information content (AvgIpc) is 3.28. The number of carboxylic acids is 1. The maximum Gasteiger partial charge on any atom is 0.335 e. The number of nitrogens with zero attached hydrogens (tertiary/aromatic N) is 4. The first-order valence-corrected chi connectivity index (χ1v) is 8.43. The molecule has 26 heavy (non-hydrogen) atoms. The number of imidazole rings is 1. The lowest BCUT2D eigenvalue weighted by Crippen LogP contribution is -2.28. The highest BCUT2D eigenvalue weighted by molar-refractivity contribution is 5.96. The van der Waals surface area contributed by atoms with Crippen LogP contribution in [0.5, 0.6) is 0 Å². The lowest BCUT2D eigenvalue weighted by atomic mass is 9.93. The molecule has 1 aliphatic rings. The zero-order valence-electron chi connectivity index (χ0n) is 14.3. The number of rotatable bonds is 3. The van der Waals surface area contributed by atoms with Gasteiger partial charge in [-0.2, -0.15) is 0 Å². The molecule has 1 fully saturated rings. The number of pyridine rings is 1. The predicted octanol–water partition coefficient (Wildman–Crippen LogP) is 2.30. The number of hydrogen-bond acceptors (Lipinski definition) is 4. The Hall–Kier alpha value is -3.22. The van der Waals surface area contributed by atoms with E-state index in [1.165, 1.54) is 0 Å². The largest absolute Gasteiger partial charge is 0.478 e. The summed E-state index contributed by atoms with van der Waals surface area (Å²) in [5, 5.41) is 9.38. The highest BCUT2D eigenvalue weighted by Gasteiger charge is 2.30. The van der Waals surface area contributed by atoms with Crippen molar-refractivity contribution in [1.82, 2.24) is 19.4 Å². The molecule has 0 unspecified atom stereocenters. The number of carbonyl (C=O) groups is 2. The molecule has 7 nitrogen and oxygen atoms in total. The fourth-order valence-corrected chi connectivity index (χ4v) is 3.56. The summed E-state index contributed by atoms with van der Waals surface area (Å²) in [7, 11) is 1.86. The number of aryl methyl sites for hydroxylation is 1. The fourth-order valence-electron chi connectivity index (χ4n) is 3.56. The summed E-state index contributed by atoms with van der Waals surface area (Å²) in [5.41, 5.74) is 3.02. The molecule has 0 radical (unpaired) electrons. The number of amides is 1. The second-order valence-corrected chi connectivity index (χ2v) is 6.55. The van der Waals surface area contributed by atoms with Crippen molar-refractivity contribution in [2.75, 3.05) is 13.1 Å². The quantitative estimate of drug-likeness (QED) is 0.783. The summed E-state index contributed by atoms with van der Waals surface area (Å²) in [6.07, 6.45) is 3.99. The van der Waals surface area contributed by atoms with Gasteiger partial charge in [-0.15, -0.1) is 0 Å². The molecule has 3 aromatic rings. The highest BCUT2D eigenvalue weighted by atomic mass is 16.4. The molecule has 1 aromatic carbocycles. The molecule has 0 saturated carbocycles. The monoisotopic (exact) mass is 350 g/mol. The first-order chi connectivity index (χ1) is 12.5. The Bertz CT molecular complexity index is 1010. The van der Waals surface area contributed by atoms with Crippen LogP contribution in [0, 0.1) is 0 Å². The molecule has 4 rings (SSSR count). The number of carbonyl (C=O) groups excluding carboxylic acids is 1. The number of carboxylic acid groups (broad SMARTS) is 1. The zero-order valence-corrected chi connectivity index (χ0v) is 14.3. The van der Waals surface area contributed by atoms with Gasteiger partial charge in [0.2, 0.25) is 0 Å². The Morgan fingerprint density at radius 1 is 1.23 bits per heavy atom. The van der Waals surface area contributed by atoms with Crippen LogP contribution in [0.4, 0.5) is 0 Å². The minimum absolute atomic E-state index is 0.0257. The number of benzene rings is 1. The molecular formula is C19H18N4O3. The van der Waals surface area contributed by atoms with E-state index in [1.807, 2.05) is 19.2 Å². The molecule has 7 heteroatoms. The Balaban J connectivity index is 1.56. The number of hydrogen-bond donors (Lipinski definition) is 1. The third-order valence-corrected chi connectivity index (χ3v) is 4.90. The number of aromatic carboxylic acids is 1. The smallest absolute Gasteiger partial charge is 0.335 e. The van der Waals surface area contributed by atoms with Gasteiger partial charge in [-0.25, -0.2) is 14.8 Å². The van der Waals surface area contributed by atoms with Crippen LogP contribution in [0.2, 0.25) is 0 Å². The molecule has 2 aromatic heterocycles. The first kappa shape index (κ1) is 16.3. The normalized spacial score (nSPS) is 17.0. The van der Waals surface area contributed by atoms with E-state index >= 15 is 0 Å². The third-order valence-electron chi connectivity index (χ3n) is 4.90. The van der Waals surface area contributed by atoms with Crippen LogP contribution in [0.15, 0.2) is 42.9 Å². The van der Waals surface area contributed by atoms with Gasteiger partial charge in [0, 0.05) is 32.3 Å². The molecule has 1 N–H and O–H groups in total. The van der Waals surface area contributed by atoms with Crippen molar-refractivity contribution in [3.8, 4) is 0 Å². The van der Waals surface area contributed by atoms with E-state index in [4.69, 9.17) is 0 Å². The maximum atomic E-state index is 12.8. The van der Waals surface area contributed by atoms with Crippen LogP contribution in [0.25, 0.3) is 11.2 Å². The minimum atomic E-state index is -0.935. The summed E-state index contributed by atoms with van der Waals surface area (Å²) in [6.45, 7) is 1.10. The average molecular weight is 350 g/mol. The standard InChI is InChI=1S/C19H18N4O3/c1-22-11-21-16-8-13(9-20-17(16)22)18(24)23-7-6-12(10-23)14-4-2-3-5-15(14)19(25)26/h2-5,8-9,11-12H,6-7,10H2,1H3,(H,25,26)/t12-/m1/s1. The SMILES string of the molecule is Cn1cnc2cc(C(=O)N3CC[C@@H](c4ccccc4C(=O)O)C3)cnc21. The molecule has 1 amide bonds. The van der Waals surface area contributed by atoms with Gasteiger partial charge in [-0.05, 0) is 24.1 Å². The van der Waals surface area contributed by atoms with Crippen molar-refractivity contribution >= 4 is 23.0 Å². The highest BCUT2D eigenvalue weighted by Crippen LogP contribution is 2.30. The first-order valence-electron chi connectivity index (χ1n) is 8.43. The van der Waals surface area contributed by atoms with E-state index in [-0.39, 0.29) is 11.8 Å². The molecule has 1 saturated heterocycles. The van der Waals surface area contributed by atoms with Gasteiger partial charge in [0.15, 0.2) is 5.65 Å². The van der Waals surface area contributed by atoms with Gasteiger partial charge in [-0.3, -0.25) is 4.79 Å². The molecule has 1 atom stereocenters. The topological polar surface area (TPSA) is 88.3 Å². The van der Waals surface area contributed by atoms with Gasteiger partial charge in [0.05, 0.1) is 17.5 Å². The summed E-state index contributed by atoms with van der Waals surface area (Å²) in [5.74, 6) is -1.01. The molecule has 0 aliphatic carbocycles. The van der Waals surface area contributed by atoms with Gasteiger partial charge >= 0.3 is 5.97 Å². The lowest BCUT2D eigenvalue weighted by Gasteiger charge is -2.17. The minimum Gasteiger partial charge on any atom is -0.478 e. The Morgan fingerprint density at radius 3 is 2.85 bits per heavy atom. The van der Waals surface area contributed by atoms with Gasteiger partial charge in [0.25, 0.3) is 5.91 Å². The summed E-state index contributed by atoms with van der Waals surface area (Å²) >= 11 is 0. The number of likely N-dealkylation sites (tertiary alicyclic amines) is 1. The summed E-state index contributed by atoms with van der Waals surface area (Å²) in [6, 6.07) is 8.76. The molecule has 1 aliphatic heterocycles. The van der Waals surface area contributed by atoms with E-state index in [1.54, 1.807) is 40.2 Å². The van der Waals surface area contributed by atoms with Crippen molar-refractivity contribution in [2.24, 2.45) is 7.05 Å². The van der Waals surface area contributed by atoms with Crippen molar-refractivity contribution in [2.45, 2.75) is 12.3 Å². The Kier molecular flexibility index (Phi) is 3.91. The number of aromatic nitrogens is 3. The zero-order chi connectivity index (χ0) is 18.3. The second kappa shape index (κ2) is 6.25. The Labute approximate surface area is 149 Å². The second-order valence-electron chi connectivity index (χ2n) is 6.55. The maximum absolute atomic E-state index is 12.8. The molecule has 0 spiro atoms. The predicted molar refractivity (Wildman–Crippen MR) is 95.2 cm³/mol. The Morgan fingerprint density at radius 2 is 2.04 bits per heavy atom. The van der Waals surface area contributed by atoms with Crippen LogP contribution >= 0.6 is 0 Å². The third kappa shape index (κ3) is 2.71. The molecule has 0 bridgehead atoms. The summed E-state index contributed by atoms with van der Waals surface area (Å²) in [4.78, 5) is 34.6. The van der Waals surface area contributed by atoms with Gasteiger partial charge in [0.1, 0.15) is 5.52 Å². The van der Waals surface area contributed by atoms with Crippen molar-refractivity contribution < 1.29 is 14.7 Å². The molecule has 132 valence electrons. The van der Waals surface area contributed by atoms with Crippen molar-refractivity contribution in [3.63, 3.8) is 0 Å². The van der Waals surface area contributed by atoms with Crippen LogP contribution in [-0.2, 0) is 7.05 Å². The fraction of sp³-hybridized carbons (Fsp3) is 0.263. The van der Waals surface area contributed by atoms with Crippen molar-refractivity contribution in [1.29, 1.82) is 0 Å².